The van der Waals surface area contributed by atoms with Gasteiger partial charge in [-0.1, -0.05) is 30.3 Å². The molecule has 0 amide bonds. The number of methoxy groups -OCH3 is 2. The van der Waals surface area contributed by atoms with Crippen molar-refractivity contribution in [3.8, 4) is 0 Å². The largest absolute Gasteiger partial charge is 0.466 e. The Hall–Kier alpha value is -2.30. The van der Waals surface area contributed by atoms with Gasteiger partial charge in [0, 0.05) is 6.54 Å². The van der Waals surface area contributed by atoms with Crippen molar-refractivity contribution >= 4 is 11.9 Å². The molecule has 96 valence electrons. The standard InChI is InChI=1S/C13H15NO4/c1-17-12(15)8-11(13(16)18-2)14-9-10-6-4-3-5-7-10/h3-8,14H,9H2,1-2H3/b11-8-. The lowest BCUT2D eigenvalue weighted by Crippen LogP contribution is -2.22. The number of benzene rings is 1. The van der Waals surface area contributed by atoms with E-state index in [9.17, 15) is 9.59 Å². The van der Waals surface area contributed by atoms with Gasteiger partial charge < -0.3 is 14.8 Å². The number of ether oxygens (including phenoxy) is 2. The van der Waals surface area contributed by atoms with Crippen molar-refractivity contribution in [2.75, 3.05) is 14.2 Å². The number of carbonyl (C=O) groups is 2. The number of carbonyl (C=O) groups excluding carboxylic acids is 2. The highest BCUT2D eigenvalue weighted by Crippen LogP contribution is 2.01. The summed E-state index contributed by atoms with van der Waals surface area (Å²) in [6, 6.07) is 9.48. The van der Waals surface area contributed by atoms with Gasteiger partial charge in [-0.05, 0) is 5.56 Å². The van der Waals surface area contributed by atoms with Gasteiger partial charge in [0.2, 0.25) is 0 Å². The average molecular weight is 249 g/mol. The van der Waals surface area contributed by atoms with Crippen molar-refractivity contribution < 1.29 is 19.1 Å². The summed E-state index contributed by atoms with van der Waals surface area (Å²) >= 11 is 0. The van der Waals surface area contributed by atoms with Gasteiger partial charge in [0.1, 0.15) is 5.70 Å². The van der Waals surface area contributed by atoms with E-state index >= 15 is 0 Å². The Labute approximate surface area is 105 Å². The molecule has 0 unspecified atom stereocenters. The van der Waals surface area contributed by atoms with Gasteiger partial charge in [-0.2, -0.15) is 0 Å². The van der Waals surface area contributed by atoms with Crippen LogP contribution in [-0.4, -0.2) is 26.2 Å². The van der Waals surface area contributed by atoms with Crippen molar-refractivity contribution in [3.05, 3.63) is 47.7 Å². The Bertz CT molecular complexity index is 440. The van der Waals surface area contributed by atoms with Crippen molar-refractivity contribution in [1.82, 2.24) is 5.32 Å². The fourth-order valence-corrected chi connectivity index (χ4v) is 1.26. The molecule has 0 saturated carbocycles. The third-order valence-corrected chi connectivity index (χ3v) is 2.19. The smallest absolute Gasteiger partial charge is 0.354 e. The van der Waals surface area contributed by atoms with Gasteiger partial charge in [0.25, 0.3) is 0 Å². The van der Waals surface area contributed by atoms with Crippen LogP contribution in [0.3, 0.4) is 0 Å². The van der Waals surface area contributed by atoms with E-state index in [1.165, 1.54) is 14.2 Å². The van der Waals surface area contributed by atoms with Gasteiger partial charge in [-0.25, -0.2) is 9.59 Å². The van der Waals surface area contributed by atoms with Crippen LogP contribution in [0.25, 0.3) is 0 Å². The molecule has 0 heterocycles. The van der Waals surface area contributed by atoms with Gasteiger partial charge >= 0.3 is 11.9 Å². The van der Waals surface area contributed by atoms with Crippen LogP contribution < -0.4 is 5.32 Å². The van der Waals surface area contributed by atoms with E-state index in [-0.39, 0.29) is 5.70 Å². The monoisotopic (exact) mass is 249 g/mol. The van der Waals surface area contributed by atoms with E-state index in [1.807, 2.05) is 30.3 Å². The molecule has 0 atom stereocenters. The summed E-state index contributed by atoms with van der Waals surface area (Å²) in [6.07, 6.45) is 1.06. The van der Waals surface area contributed by atoms with Gasteiger partial charge in [0.05, 0.1) is 20.3 Å². The Kier molecular flexibility index (Phi) is 5.44. The highest BCUT2D eigenvalue weighted by Gasteiger charge is 2.11. The predicted molar refractivity (Wildman–Crippen MR) is 65.4 cm³/mol. The van der Waals surface area contributed by atoms with Crippen LogP contribution >= 0.6 is 0 Å². The maximum atomic E-state index is 11.4. The lowest BCUT2D eigenvalue weighted by atomic mass is 10.2. The second kappa shape index (κ2) is 7.11. The zero-order chi connectivity index (χ0) is 13.4. The second-order valence-corrected chi connectivity index (χ2v) is 3.41. The van der Waals surface area contributed by atoms with Gasteiger partial charge in [-0.15, -0.1) is 0 Å². The fourth-order valence-electron chi connectivity index (χ4n) is 1.26. The molecule has 18 heavy (non-hydrogen) atoms. The molecule has 0 aliphatic heterocycles. The van der Waals surface area contributed by atoms with Crippen molar-refractivity contribution in [3.63, 3.8) is 0 Å². The maximum absolute atomic E-state index is 11.4. The Morgan fingerprint density at radius 3 is 2.39 bits per heavy atom. The molecule has 0 saturated heterocycles. The summed E-state index contributed by atoms with van der Waals surface area (Å²) in [5.41, 5.74) is 1.05. The van der Waals surface area contributed by atoms with Crippen LogP contribution in [0.15, 0.2) is 42.1 Å². The molecule has 1 rings (SSSR count). The minimum atomic E-state index is -0.615. The topological polar surface area (TPSA) is 64.6 Å². The normalized spacial score (nSPS) is 10.7. The Morgan fingerprint density at radius 2 is 1.83 bits per heavy atom. The first-order valence-corrected chi connectivity index (χ1v) is 5.33. The highest BCUT2D eigenvalue weighted by molar-refractivity contribution is 5.95. The van der Waals surface area contributed by atoms with E-state index in [0.717, 1.165) is 11.6 Å². The molecule has 0 fully saturated rings. The quantitative estimate of drug-likeness (QED) is 0.623. The summed E-state index contributed by atoms with van der Waals surface area (Å²) in [6.45, 7) is 0.415. The minimum absolute atomic E-state index is 0.0632. The first-order chi connectivity index (χ1) is 8.67. The van der Waals surface area contributed by atoms with Crippen LogP contribution in [0.5, 0.6) is 0 Å². The van der Waals surface area contributed by atoms with Crippen LogP contribution in [-0.2, 0) is 25.6 Å². The second-order valence-electron chi connectivity index (χ2n) is 3.41. The Balaban J connectivity index is 2.71. The summed E-state index contributed by atoms with van der Waals surface area (Å²) in [4.78, 5) is 22.5. The van der Waals surface area contributed by atoms with E-state index in [1.54, 1.807) is 0 Å². The van der Waals surface area contributed by atoms with Crippen molar-refractivity contribution in [2.24, 2.45) is 0 Å². The van der Waals surface area contributed by atoms with Crippen molar-refractivity contribution in [2.45, 2.75) is 6.54 Å². The van der Waals surface area contributed by atoms with E-state index < -0.39 is 11.9 Å². The molecular formula is C13H15NO4. The summed E-state index contributed by atoms with van der Waals surface area (Å²) < 4.78 is 9.03. The highest BCUT2D eigenvalue weighted by atomic mass is 16.5. The first-order valence-electron chi connectivity index (χ1n) is 5.33. The Morgan fingerprint density at radius 1 is 1.17 bits per heavy atom. The molecule has 0 aromatic heterocycles. The van der Waals surface area contributed by atoms with Crippen molar-refractivity contribution in [1.29, 1.82) is 0 Å². The first kappa shape index (κ1) is 13.8. The maximum Gasteiger partial charge on any atom is 0.354 e. The molecule has 0 radical (unpaired) electrons. The fraction of sp³-hybridized carbons (Fsp3) is 0.231. The van der Waals surface area contributed by atoms with E-state index in [4.69, 9.17) is 0 Å². The third kappa shape index (κ3) is 4.29. The van der Waals surface area contributed by atoms with Crippen LogP contribution in [0.4, 0.5) is 0 Å². The zero-order valence-corrected chi connectivity index (χ0v) is 10.3. The third-order valence-electron chi connectivity index (χ3n) is 2.19. The lowest BCUT2D eigenvalue weighted by Gasteiger charge is -2.08. The molecule has 0 spiro atoms. The van der Waals surface area contributed by atoms with E-state index in [0.29, 0.717) is 6.54 Å². The van der Waals surface area contributed by atoms with Gasteiger partial charge in [-0.3, -0.25) is 0 Å². The van der Waals surface area contributed by atoms with Gasteiger partial charge in [0.15, 0.2) is 0 Å². The zero-order valence-electron chi connectivity index (χ0n) is 10.3. The number of hydrogen-bond donors (Lipinski definition) is 1. The number of rotatable bonds is 5. The molecule has 1 N–H and O–H groups in total. The summed E-state index contributed by atoms with van der Waals surface area (Å²) in [5.74, 6) is -1.23. The molecule has 1 aromatic carbocycles. The SMILES string of the molecule is COC(=O)/C=C(\NCc1ccccc1)C(=O)OC. The van der Waals surface area contributed by atoms with Crippen LogP contribution in [0.2, 0.25) is 0 Å². The molecule has 1 aromatic rings. The molecule has 5 nitrogen and oxygen atoms in total. The lowest BCUT2D eigenvalue weighted by molar-refractivity contribution is -0.138. The van der Waals surface area contributed by atoms with E-state index in [2.05, 4.69) is 14.8 Å². The molecular weight excluding hydrogens is 234 g/mol. The number of hydrogen-bond acceptors (Lipinski definition) is 5. The average Bonchev–Trinajstić information content (AvgIpc) is 2.43. The number of esters is 2. The predicted octanol–water partition coefficient (Wildman–Crippen LogP) is 1.01. The molecule has 0 bridgehead atoms. The van der Waals surface area contributed by atoms with Crippen LogP contribution in [0, 0.1) is 0 Å². The van der Waals surface area contributed by atoms with Crippen LogP contribution in [0.1, 0.15) is 5.56 Å². The minimum Gasteiger partial charge on any atom is -0.466 e. The summed E-state index contributed by atoms with van der Waals surface area (Å²) in [7, 11) is 2.49. The summed E-state index contributed by atoms with van der Waals surface area (Å²) in [5, 5.41) is 2.84. The number of nitrogens with one attached hydrogen (secondary N) is 1. The molecule has 0 aliphatic carbocycles. The molecule has 0 aliphatic rings. The molecule has 5 heteroatoms.